The van der Waals surface area contributed by atoms with Crippen LogP contribution in [0.2, 0.25) is 0 Å². The van der Waals surface area contributed by atoms with Crippen molar-refractivity contribution in [3.8, 4) is 0 Å². The summed E-state index contributed by atoms with van der Waals surface area (Å²) in [6.07, 6.45) is 2.58. The number of amides is 1. The van der Waals surface area contributed by atoms with Gasteiger partial charge in [-0.05, 0) is 37.0 Å². The molecule has 1 N–H and O–H groups in total. The standard InChI is InChI=1S/C21H23N3OS/c1-4-14(2)16-9-5-8-12-19(16)24-20(25)15(3)26-21-17-10-6-7-11-18(17)22-13-23-21/h5-15H,4H2,1-3H3,(H,24,25)/t14-,15+/m1/s1. The normalized spacial score (nSPS) is 13.3. The van der Waals surface area contributed by atoms with Gasteiger partial charge in [0.15, 0.2) is 0 Å². The summed E-state index contributed by atoms with van der Waals surface area (Å²) >= 11 is 1.46. The Labute approximate surface area is 158 Å². The maximum atomic E-state index is 12.7. The smallest absolute Gasteiger partial charge is 0.237 e. The third kappa shape index (κ3) is 4.05. The molecule has 5 heteroatoms. The van der Waals surface area contributed by atoms with Gasteiger partial charge in [0.2, 0.25) is 5.91 Å². The molecular weight excluding hydrogens is 342 g/mol. The van der Waals surface area contributed by atoms with Gasteiger partial charge in [-0.3, -0.25) is 4.79 Å². The molecule has 0 aliphatic heterocycles. The van der Waals surface area contributed by atoms with E-state index in [1.165, 1.54) is 17.3 Å². The molecule has 0 unspecified atom stereocenters. The van der Waals surface area contributed by atoms with Crippen molar-refractivity contribution in [3.63, 3.8) is 0 Å². The number of carbonyl (C=O) groups excluding carboxylic acids is 1. The number of nitrogens with one attached hydrogen (secondary N) is 1. The molecule has 134 valence electrons. The number of carbonyl (C=O) groups is 1. The van der Waals surface area contributed by atoms with Crippen LogP contribution in [0.4, 0.5) is 5.69 Å². The van der Waals surface area contributed by atoms with Crippen molar-refractivity contribution in [2.24, 2.45) is 0 Å². The number of anilines is 1. The molecule has 3 rings (SSSR count). The van der Waals surface area contributed by atoms with E-state index in [1.807, 2.05) is 49.4 Å². The SMILES string of the molecule is CC[C@@H](C)c1ccccc1NC(=O)[C@H](C)Sc1ncnc2ccccc12. The lowest BCUT2D eigenvalue weighted by atomic mass is 9.97. The molecule has 0 saturated heterocycles. The molecule has 1 heterocycles. The first-order chi connectivity index (χ1) is 12.6. The lowest BCUT2D eigenvalue weighted by molar-refractivity contribution is -0.115. The van der Waals surface area contributed by atoms with Crippen molar-refractivity contribution in [2.45, 2.75) is 43.4 Å². The minimum atomic E-state index is -0.265. The molecule has 4 nitrogen and oxygen atoms in total. The minimum Gasteiger partial charge on any atom is -0.325 e. The number of para-hydroxylation sites is 2. The molecule has 0 saturated carbocycles. The second kappa shape index (κ2) is 8.32. The zero-order valence-electron chi connectivity index (χ0n) is 15.3. The van der Waals surface area contributed by atoms with Crippen molar-refractivity contribution in [1.29, 1.82) is 0 Å². The molecule has 3 aromatic rings. The highest BCUT2D eigenvalue weighted by Crippen LogP contribution is 2.30. The molecule has 1 aromatic heterocycles. The Morgan fingerprint density at radius 2 is 1.81 bits per heavy atom. The lowest BCUT2D eigenvalue weighted by Crippen LogP contribution is -2.23. The van der Waals surface area contributed by atoms with Crippen LogP contribution in [0, 0.1) is 0 Å². The van der Waals surface area contributed by atoms with Crippen LogP contribution >= 0.6 is 11.8 Å². The molecule has 0 spiro atoms. The summed E-state index contributed by atoms with van der Waals surface area (Å²) in [5, 5.41) is 4.62. The van der Waals surface area contributed by atoms with E-state index >= 15 is 0 Å². The number of nitrogens with zero attached hydrogens (tertiary/aromatic N) is 2. The Morgan fingerprint density at radius 3 is 2.62 bits per heavy atom. The number of thioether (sulfide) groups is 1. The number of hydrogen-bond acceptors (Lipinski definition) is 4. The second-order valence-electron chi connectivity index (χ2n) is 6.34. The van der Waals surface area contributed by atoms with Gasteiger partial charge in [0, 0.05) is 11.1 Å². The molecule has 1 amide bonds. The van der Waals surface area contributed by atoms with Crippen molar-refractivity contribution >= 4 is 34.3 Å². The van der Waals surface area contributed by atoms with Crippen LogP contribution in [0.15, 0.2) is 59.9 Å². The summed E-state index contributed by atoms with van der Waals surface area (Å²) in [6, 6.07) is 15.9. The molecule has 0 fully saturated rings. The maximum Gasteiger partial charge on any atom is 0.237 e. The first-order valence-corrected chi connectivity index (χ1v) is 9.74. The van der Waals surface area contributed by atoms with Crippen LogP contribution in [-0.4, -0.2) is 21.1 Å². The first-order valence-electron chi connectivity index (χ1n) is 8.86. The van der Waals surface area contributed by atoms with Crippen molar-refractivity contribution < 1.29 is 4.79 Å². The predicted molar refractivity (Wildman–Crippen MR) is 109 cm³/mol. The number of aromatic nitrogens is 2. The Hall–Kier alpha value is -2.40. The minimum absolute atomic E-state index is 0.0200. The fourth-order valence-corrected chi connectivity index (χ4v) is 3.70. The maximum absolute atomic E-state index is 12.7. The van der Waals surface area contributed by atoms with Crippen LogP contribution in [0.25, 0.3) is 10.9 Å². The highest BCUT2D eigenvalue weighted by molar-refractivity contribution is 8.00. The van der Waals surface area contributed by atoms with E-state index in [2.05, 4.69) is 35.2 Å². The number of benzene rings is 2. The Kier molecular flexibility index (Phi) is 5.89. The number of fused-ring (bicyclic) bond motifs is 1. The van der Waals surface area contributed by atoms with E-state index < -0.39 is 0 Å². The molecular formula is C21H23N3OS. The van der Waals surface area contributed by atoms with Crippen LogP contribution < -0.4 is 5.32 Å². The van der Waals surface area contributed by atoms with Crippen molar-refractivity contribution in [2.75, 3.05) is 5.32 Å². The van der Waals surface area contributed by atoms with Gasteiger partial charge in [0.25, 0.3) is 0 Å². The Balaban J connectivity index is 1.77. The monoisotopic (exact) mass is 365 g/mol. The summed E-state index contributed by atoms with van der Waals surface area (Å²) in [4.78, 5) is 21.4. The molecule has 0 radical (unpaired) electrons. The summed E-state index contributed by atoms with van der Waals surface area (Å²) < 4.78 is 0. The Bertz CT molecular complexity index is 907. The molecule has 2 aromatic carbocycles. The summed E-state index contributed by atoms with van der Waals surface area (Å²) in [7, 11) is 0. The summed E-state index contributed by atoms with van der Waals surface area (Å²) in [5.41, 5.74) is 2.96. The van der Waals surface area contributed by atoms with Gasteiger partial charge < -0.3 is 5.32 Å². The topological polar surface area (TPSA) is 54.9 Å². The molecule has 0 bridgehead atoms. The van der Waals surface area contributed by atoms with Gasteiger partial charge in [0.1, 0.15) is 11.4 Å². The third-order valence-electron chi connectivity index (χ3n) is 4.53. The van der Waals surface area contributed by atoms with Gasteiger partial charge in [-0.15, -0.1) is 0 Å². The number of hydrogen-bond donors (Lipinski definition) is 1. The summed E-state index contributed by atoms with van der Waals surface area (Å²) in [6.45, 7) is 6.24. The zero-order valence-corrected chi connectivity index (χ0v) is 16.1. The Morgan fingerprint density at radius 1 is 1.08 bits per heavy atom. The van der Waals surface area contributed by atoms with E-state index in [1.54, 1.807) is 6.33 Å². The highest BCUT2D eigenvalue weighted by Gasteiger charge is 2.19. The predicted octanol–water partition coefficient (Wildman–Crippen LogP) is 5.26. The second-order valence-corrected chi connectivity index (χ2v) is 7.67. The van der Waals surface area contributed by atoms with E-state index in [0.29, 0.717) is 5.92 Å². The molecule has 0 aliphatic rings. The van der Waals surface area contributed by atoms with Crippen molar-refractivity contribution in [1.82, 2.24) is 9.97 Å². The van der Waals surface area contributed by atoms with Crippen LogP contribution in [0.3, 0.4) is 0 Å². The van der Waals surface area contributed by atoms with Crippen LogP contribution in [0.1, 0.15) is 38.7 Å². The highest BCUT2D eigenvalue weighted by atomic mass is 32.2. The average Bonchev–Trinajstić information content (AvgIpc) is 2.68. The van der Waals surface area contributed by atoms with Crippen LogP contribution in [0.5, 0.6) is 0 Å². The van der Waals surface area contributed by atoms with Gasteiger partial charge in [-0.25, -0.2) is 9.97 Å². The first kappa shape index (κ1) is 18.4. The van der Waals surface area contributed by atoms with E-state index in [4.69, 9.17) is 0 Å². The van der Waals surface area contributed by atoms with E-state index in [9.17, 15) is 4.79 Å². The largest absolute Gasteiger partial charge is 0.325 e. The zero-order chi connectivity index (χ0) is 18.5. The van der Waals surface area contributed by atoms with Crippen LogP contribution in [-0.2, 0) is 4.79 Å². The quantitative estimate of drug-likeness (QED) is 0.478. The fourth-order valence-electron chi connectivity index (χ4n) is 2.79. The fraction of sp³-hybridized carbons (Fsp3) is 0.286. The number of rotatable bonds is 6. The van der Waals surface area contributed by atoms with Gasteiger partial charge >= 0.3 is 0 Å². The molecule has 2 atom stereocenters. The van der Waals surface area contributed by atoms with Gasteiger partial charge in [0.05, 0.1) is 10.8 Å². The van der Waals surface area contributed by atoms with Gasteiger partial charge in [-0.2, -0.15) is 0 Å². The average molecular weight is 366 g/mol. The summed E-state index contributed by atoms with van der Waals surface area (Å²) in [5.74, 6) is 0.383. The third-order valence-corrected chi connectivity index (χ3v) is 5.64. The van der Waals surface area contributed by atoms with E-state index in [-0.39, 0.29) is 11.2 Å². The molecule has 26 heavy (non-hydrogen) atoms. The van der Waals surface area contributed by atoms with Crippen molar-refractivity contribution in [3.05, 3.63) is 60.4 Å². The van der Waals surface area contributed by atoms with Gasteiger partial charge in [-0.1, -0.05) is 62.0 Å². The van der Waals surface area contributed by atoms with E-state index in [0.717, 1.165) is 28.0 Å². The lowest BCUT2D eigenvalue weighted by Gasteiger charge is -2.17. The molecule has 0 aliphatic carbocycles.